The molecular weight excluding hydrogens is 274 g/mol. The highest BCUT2D eigenvalue weighted by Crippen LogP contribution is 2.24. The minimum absolute atomic E-state index is 0.0921. The number of nitrogens with one attached hydrogen (secondary N) is 1. The SMILES string of the molecule is CCN(C(=O)c1cc(Cl)ccc1NC)c1ccncc1. The lowest BCUT2D eigenvalue weighted by Crippen LogP contribution is -2.31. The Morgan fingerprint density at radius 3 is 2.60 bits per heavy atom. The zero-order valence-corrected chi connectivity index (χ0v) is 12.2. The summed E-state index contributed by atoms with van der Waals surface area (Å²) in [5.74, 6) is -0.0921. The van der Waals surface area contributed by atoms with Crippen LogP contribution in [0, 0.1) is 0 Å². The standard InChI is InChI=1S/C15H16ClN3O/c1-3-19(12-6-8-18-9-7-12)15(20)13-10-11(16)4-5-14(13)17-2/h4-10,17H,3H2,1-2H3. The first-order valence-electron chi connectivity index (χ1n) is 6.36. The Balaban J connectivity index is 2.41. The minimum Gasteiger partial charge on any atom is -0.387 e. The number of pyridine rings is 1. The van der Waals surface area contributed by atoms with E-state index in [4.69, 9.17) is 11.6 Å². The number of anilines is 2. The first-order valence-corrected chi connectivity index (χ1v) is 6.74. The molecule has 0 saturated heterocycles. The van der Waals surface area contributed by atoms with Crippen molar-refractivity contribution in [2.45, 2.75) is 6.92 Å². The van der Waals surface area contributed by atoms with Crippen molar-refractivity contribution in [1.82, 2.24) is 4.98 Å². The van der Waals surface area contributed by atoms with Crippen LogP contribution in [0.4, 0.5) is 11.4 Å². The Labute approximate surface area is 123 Å². The van der Waals surface area contributed by atoms with Crippen LogP contribution < -0.4 is 10.2 Å². The molecule has 4 nitrogen and oxygen atoms in total. The largest absolute Gasteiger partial charge is 0.387 e. The number of nitrogens with zero attached hydrogens (tertiary/aromatic N) is 2. The van der Waals surface area contributed by atoms with Crippen LogP contribution in [0.15, 0.2) is 42.7 Å². The van der Waals surface area contributed by atoms with Gasteiger partial charge in [-0.15, -0.1) is 0 Å². The molecule has 0 radical (unpaired) electrons. The van der Waals surface area contributed by atoms with Crippen molar-refractivity contribution >= 4 is 28.9 Å². The second kappa shape index (κ2) is 6.39. The molecule has 0 spiro atoms. The van der Waals surface area contributed by atoms with Gasteiger partial charge in [-0.05, 0) is 37.3 Å². The molecule has 2 aromatic rings. The third-order valence-corrected chi connectivity index (χ3v) is 3.25. The molecule has 0 aliphatic carbocycles. The van der Waals surface area contributed by atoms with E-state index in [0.717, 1.165) is 11.4 Å². The van der Waals surface area contributed by atoms with E-state index in [9.17, 15) is 4.79 Å². The summed E-state index contributed by atoms with van der Waals surface area (Å²) in [5, 5.41) is 3.56. The van der Waals surface area contributed by atoms with E-state index in [2.05, 4.69) is 10.3 Å². The van der Waals surface area contributed by atoms with E-state index in [1.807, 2.05) is 19.1 Å². The summed E-state index contributed by atoms with van der Waals surface area (Å²) >= 11 is 6.00. The van der Waals surface area contributed by atoms with Crippen molar-refractivity contribution in [3.63, 3.8) is 0 Å². The minimum atomic E-state index is -0.0921. The van der Waals surface area contributed by atoms with E-state index in [0.29, 0.717) is 17.1 Å². The topological polar surface area (TPSA) is 45.2 Å². The summed E-state index contributed by atoms with van der Waals surface area (Å²) in [6.45, 7) is 2.50. The lowest BCUT2D eigenvalue weighted by molar-refractivity contribution is 0.0989. The van der Waals surface area contributed by atoms with E-state index in [-0.39, 0.29) is 5.91 Å². The fourth-order valence-electron chi connectivity index (χ4n) is 2.02. The van der Waals surface area contributed by atoms with Crippen molar-refractivity contribution in [2.75, 3.05) is 23.8 Å². The first-order chi connectivity index (χ1) is 9.67. The van der Waals surface area contributed by atoms with Gasteiger partial charge in [-0.2, -0.15) is 0 Å². The zero-order valence-electron chi connectivity index (χ0n) is 11.4. The van der Waals surface area contributed by atoms with Crippen molar-refractivity contribution in [1.29, 1.82) is 0 Å². The molecule has 2 rings (SSSR count). The van der Waals surface area contributed by atoms with Crippen LogP contribution in [0.2, 0.25) is 5.02 Å². The van der Waals surface area contributed by atoms with E-state index >= 15 is 0 Å². The summed E-state index contributed by atoms with van der Waals surface area (Å²) in [4.78, 5) is 18.4. The zero-order chi connectivity index (χ0) is 14.5. The summed E-state index contributed by atoms with van der Waals surface area (Å²) in [5.41, 5.74) is 2.13. The maximum atomic E-state index is 12.7. The highest BCUT2D eigenvalue weighted by atomic mass is 35.5. The summed E-state index contributed by atoms with van der Waals surface area (Å²) in [6.07, 6.45) is 3.34. The molecule has 0 saturated carbocycles. The fourth-order valence-corrected chi connectivity index (χ4v) is 2.20. The predicted octanol–water partition coefficient (Wildman–Crippen LogP) is 3.44. The molecule has 20 heavy (non-hydrogen) atoms. The maximum Gasteiger partial charge on any atom is 0.260 e. The molecule has 1 aromatic carbocycles. The van der Waals surface area contributed by atoms with Crippen molar-refractivity contribution in [3.8, 4) is 0 Å². The van der Waals surface area contributed by atoms with Crippen LogP contribution in [-0.4, -0.2) is 24.5 Å². The number of carbonyl (C=O) groups is 1. The Bertz CT molecular complexity index is 601. The van der Waals surface area contributed by atoms with Gasteiger partial charge in [-0.25, -0.2) is 0 Å². The second-order valence-corrected chi connectivity index (χ2v) is 4.63. The molecule has 104 valence electrons. The van der Waals surface area contributed by atoms with E-state index in [1.54, 1.807) is 42.5 Å². The molecule has 1 N–H and O–H groups in total. The normalized spacial score (nSPS) is 10.2. The van der Waals surface area contributed by atoms with Gasteiger partial charge in [0.05, 0.1) is 5.56 Å². The molecule has 0 bridgehead atoms. The molecule has 1 heterocycles. The molecule has 0 aliphatic heterocycles. The van der Waals surface area contributed by atoms with Crippen molar-refractivity contribution in [2.24, 2.45) is 0 Å². The Kier molecular flexibility index (Phi) is 4.58. The Morgan fingerprint density at radius 2 is 2.00 bits per heavy atom. The van der Waals surface area contributed by atoms with Crippen molar-refractivity contribution in [3.05, 3.63) is 53.3 Å². The highest BCUT2D eigenvalue weighted by molar-refractivity contribution is 6.31. The van der Waals surface area contributed by atoms with Gasteiger partial charge >= 0.3 is 0 Å². The number of rotatable bonds is 4. The van der Waals surface area contributed by atoms with Crippen LogP contribution in [0.1, 0.15) is 17.3 Å². The maximum absolute atomic E-state index is 12.7. The van der Waals surface area contributed by atoms with Gasteiger partial charge in [-0.1, -0.05) is 11.6 Å². The third kappa shape index (κ3) is 2.91. The number of hydrogen-bond donors (Lipinski definition) is 1. The van der Waals surface area contributed by atoms with Crippen LogP contribution in [0.3, 0.4) is 0 Å². The number of halogens is 1. The number of aromatic nitrogens is 1. The predicted molar refractivity (Wildman–Crippen MR) is 82.6 cm³/mol. The van der Waals surface area contributed by atoms with Gasteiger partial charge in [0.2, 0.25) is 0 Å². The van der Waals surface area contributed by atoms with Crippen LogP contribution in [0.5, 0.6) is 0 Å². The molecule has 0 unspecified atom stereocenters. The highest BCUT2D eigenvalue weighted by Gasteiger charge is 2.19. The third-order valence-electron chi connectivity index (χ3n) is 3.02. The number of carbonyl (C=O) groups excluding carboxylic acids is 1. The van der Waals surface area contributed by atoms with Gasteiger partial charge in [-0.3, -0.25) is 9.78 Å². The van der Waals surface area contributed by atoms with Crippen LogP contribution in [0.25, 0.3) is 0 Å². The quantitative estimate of drug-likeness (QED) is 0.938. The number of benzene rings is 1. The molecule has 0 atom stereocenters. The van der Waals surface area contributed by atoms with E-state index in [1.165, 1.54) is 0 Å². The van der Waals surface area contributed by atoms with Gasteiger partial charge in [0, 0.05) is 42.4 Å². The average Bonchev–Trinajstić information content (AvgIpc) is 2.49. The van der Waals surface area contributed by atoms with Gasteiger partial charge < -0.3 is 10.2 Å². The van der Waals surface area contributed by atoms with Gasteiger partial charge in [0.15, 0.2) is 0 Å². The molecule has 0 aliphatic rings. The lowest BCUT2D eigenvalue weighted by Gasteiger charge is -2.22. The number of hydrogen-bond acceptors (Lipinski definition) is 3. The molecule has 0 fully saturated rings. The summed E-state index contributed by atoms with van der Waals surface area (Å²) in [7, 11) is 1.78. The second-order valence-electron chi connectivity index (χ2n) is 4.19. The fraction of sp³-hybridized carbons (Fsp3) is 0.200. The Hall–Kier alpha value is -2.07. The lowest BCUT2D eigenvalue weighted by atomic mass is 10.1. The Morgan fingerprint density at radius 1 is 1.30 bits per heavy atom. The van der Waals surface area contributed by atoms with Gasteiger partial charge in [0.1, 0.15) is 0 Å². The molecule has 1 aromatic heterocycles. The average molecular weight is 290 g/mol. The van der Waals surface area contributed by atoms with Crippen LogP contribution >= 0.6 is 11.6 Å². The smallest absolute Gasteiger partial charge is 0.260 e. The molecule has 5 heteroatoms. The van der Waals surface area contributed by atoms with E-state index < -0.39 is 0 Å². The first kappa shape index (κ1) is 14.3. The summed E-state index contributed by atoms with van der Waals surface area (Å²) in [6, 6.07) is 8.86. The van der Waals surface area contributed by atoms with Crippen LogP contribution in [-0.2, 0) is 0 Å². The molecule has 1 amide bonds. The van der Waals surface area contributed by atoms with Crippen molar-refractivity contribution < 1.29 is 4.79 Å². The van der Waals surface area contributed by atoms with Gasteiger partial charge in [0.25, 0.3) is 5.91 Å². The monoisotopic (exact) mass is 289 g/mol. The summed E-state index contributed by atoms with van der Waals surface area (Å²) < 4.78 is 0. The number of amides is 1. The molecular formula is C15H16ClN3O.